The second-order valence-electron chi connectivity index (χ2n) is 4.75. The zero-order valence-corrected chi connectivity index (χ0v) is 12.0. The van der Waals surface area contributed by atoms with Gasteiger partial charge in [0, 0.05) is 37.9 Å². The predicted octanol–water partition coefficient (Wildman–Crippen LogP) is 2.95. The third kappa shape index (κ3) is 4.10. The van der Waals surface area contributed by atoms with Crippen molar-refractivity contribution in [1.82, 2.24) is 20.3 Å². The van der Waals surface area contributed by atoms with Crippen LogP contribution in [0.1, 0.15) is 11.1 Å². The van der Waals surface area contributed by atoms with Crippen molar-refractivity contribution in [2.45, 2.75) is 13.1 Å². The SMILES string of the molecule is c1cnc(Oc2cccc(CNCc3cccnc3)c2)nc1. The Balaban J connectivity index is 1.57. The molecule has 0 saturated heterocycles. The van der Waals surface area contributed by atoms with Crippen LogP contribution in [0.25, 0.3) is 0 Å². The molecule has 0 atom stereocenters. The van der Waals surface area contributed by atoms with Crippen LogP contribution in [0, 0.1) is 0 Å². The normalized spacial score (nSPS) is 10.4. The van der Waals surface area contributed by atoms with Crippen LogP contribution in [0.5, 0.6) is 11.8 Å². The zero-order valence-electron chi connectivity index (χ0n) is 12.0. The Hall–Kier alpha value is -2.79. The molecule has 5 heteroatoms. The van der Waals surface area contributed by atoms with Crippen LogP contribution >= 0.6 is 0 Å². The van der Waals surface area contributed by atoms with Gasteiger partial charge in [0.2, 0.25) is 0 Å². The Labute approximate surface area is 129 Å². The van der Waals surface area contributed by atoms with E-state index in [4.69, 9.17) is 4.74 Å². The molecule has 110 valence electrons. The zero-order chi connectivity index (χ0) is 15.0. The van der Waals surface area contributed by atoms with Gasteiger partial charge >= 0.3 is 6.01 Å². The average molecular weight is 292 g/mol. The van der Waals surface area contributed by atoms with Crippen molar-refractivity contribution in [1.29, 1.82) is 0 Å². The topological polar surface area (TPSA) is 59.9 Å². The molecule has 0 radical (unpaired) electrons. The number of pyridine rings is 1. The maximum atomic E-state index is 5.62. The Morgan fingerprint density at radius 1 is 0.864 bits per heavy atom. The monoisotopic (exact) mass is 292 g/mol. The molecular formula is C17H16N4O. The van der Waals surface area contributed by atoms with Gasteiger partial charge in [-0.15, -0.1) is 0 Å². The largest absolute Gasteiger partial charge is 0.424 e. The molecule has 0 fully saturated rings. The first-order valence-electron chi connectivity index (χ1n) is 7.03. The number of nitrogens with zero attached hydrogens (tertiary/aromatic N) is 3. The molecule has 0 saturated carbocycles. The Morgan fingerprint density at radius 3 is 2.50 bits per heavy atom. The molecule has 1 N–H and O–H groups in total. The van der Waals surface area contributed by atoms with Gasteiger partial charge in [-0.3, -0.25) is 4.98 Å². The van der Waals surface area contributed by atoms with Crippen LogP contribution in [0.3, 0.4) is 0 Å². The summed E-state index contributed by atoms with van der Waals surface area (Å²) < 4.78 is 5.62. The van der Waals surface area contributed by atoms with Crippen molar-refractivity contribution < 1.29 is 4.74 Å². The third-order valence-electron chi connectivity index (χ3n) is 3.03. The number of hydrogen-bond acceptors (Lipinski definition) is 5. The molecule has 2 aromatic heterocycles. The van der Waals surface area contributed by atoms with E-state index < -0.39 is 0 Å². The molecule has 1 aromatic carbocycles. The molecular weight excluding hydrogens is 276 g/mol. The van der Waals surface area contributed by atoms with Crippen molar-refractivity contribution in [3.05, 3.63) is 78.4 Å². The summed E-state index contributed by atoms with van der Waals surface area (Å²) in [7, 11) is 0. The molecule has 0 bridgehead atoms. The Bertz CT molecular complexity index is 704. The number of benzene rings is 1. The third-order valence-corrected chi connectivity index (χ3v) is 3.03. The van der Waals surface area contributed by atoms with E-state index in [9.17, 15) is 0 Å². The number of rotatable bonds is 6. The minimum Gasteiger partial charge on any atom is -0.424 e. The number of hydrogen-bond donors (Lipinski definition) is 1. The maximum absolute atomic E-state index is 5.62. The molecule has 0 spiro atoms. The summed E-state index contributed by atoms with van der Waals surface area (Å²) in [4.78, 5) is 12.2. The highest BCUT2D eigenvalue weighted by Crippen LogP contribution is 2.18. The van der Waals surface area contributed by atoms with Gasteiger partial charge in [-0.25, -0.2) is 9.97 Å². The lowest BCUT2D eigenvalue weighted by Gasteiger charge is -2.07. The first kappa shape index (κ1) is 14.2. The van der Waals surface area contributed by atoms with Crippen molar-refractivity contribution in [3.63, 3.8) is 0 Å². The van der Waals surface area contributed by atoms with E-state index in [0.717, 1.165) is 30.0 Å². The molecule has 5 nitrogen and oxygen atoms in total. The minimum absolute atomic E-state index is 0.350. The van der Waals surface area contributed by atoms with E-state index in [0.29, 0.717) is 6.01 Å². The number of nitrogens with one attached hydrogen (secondary N) is 1. The van der Waals surface area contributed by atoms with Crippen LogP contribution in [-0.4, -0.2) is 15.0 Å². The van der Waals surface area contributed by atoms with E-state index in [2.05, 4.69) is 26.3 Å². The standard InChI is InChI=1S/C17H16N4O/c1-4-14(11-19-13-15-5-2-7-18-12-15)10-16(6-1)22-17-20-8-3-9-21-17/h1-10,12,19H,11,13H2. The van der Waals surface area contributed by atoms with Gasteiger partial charge in [0.05, 0.1) is 0 Å². The summed E-state index contributed by atoms with van der Waals surface area (Å²) in [6, 6.07) is 14.0. The van der Waals surface area contributed by atoms with Crippen LogP contribution in [-0.2, 0) is 13.1 Å². The lowest BCUT2D eigenvalue weighted by molar-refractivity contribution is 0.441. The van der Waals surface area contributed by atoms with Crippen LogP contribution in [0.2, 0.25) is 0 Å². The molecule has 2 heterocycles. The summed E-state index contributed by atoms with van der Waals surface area (Å²) in [5.74, 6) is 0.729. The fourth-order valence-corrected chi connectivity index (χ4v) is 2.02. The van der Waals surface area contributed by atoms with Crippen LogP contribution < -0.4 is 10.1 Å². The van der Waals surface area contributed by atoms with Crippen molar-refractivity contribution in [3.8, 4) is 11.8 Å². The van der Waals surface area contributed by atoms with Crippen molar-refractivity contribution in [2.75, 3.05) is 0 Å². The molecule has 3 rings (SSSR count). The molecule has 0 amide bonds. The van der Waals surface area contributed by atoms with E-state index in [-0.39, 0.29) is 0 Å². The van der Waals surface area contributed by atoms with Gasteiger partial charge in [0.15, 0.2) is 0 Å². The summed E-state index contributed by atoms with van der Waals surface area (Å²) in [5, 5.41) is 3.38. The summed E-state index contributed by atoms with van der Waals surface area (Å²) >= 11 is 0. The molecule has 0 unspecified atom stereocenters. The molecule has 22 heavy (non-hydrogen) atoms. The quantitative estimate of drug-likeness (QED) is 0.757. The van der Waals surface area contributed by atoms with Crippen molar-refractivity contribution in [2.24, 2.45) is 0 Å². The summed E-state index contributed by atoms with van der Waals surface area (Å²) in [6.07, 6.45) is 6.94. The fraction of sp³-hybridized carbons (Fsp3) is 0.118. The van der Waals surface area contributed by atoms with Crippen LogP contribution in [0.15, 0.2) is 67.3 Å². The molecule has 0 aliphatic heterocycles. The molecule has 0 aliphatic rings. The van der Waals surface area contributed by atoms with E-state index >= 15 is 0 Å². The van der Waals surface area contributed by atoms with Gasteiger partial charge in [0.1, 0.15) is 5.75 Å². The maximum Gasteiger partial charge on any atom is 0.321 e. The second-order valence-corrected chi connectivity index (χ2v) is 4.75. The molecule has 0 aliphatic carbocycles. The van der Waals surface area contributed by atoms with Crippen LogP contribution in [0.4, 0.5) is 0 Å². The second kappa shape index (κ2) is 7.28. The average Bonchev–Trinajstić information content (AvgIpc) is 2.57. The number of ether oxygens (including phenoxy) is 1. The van der Waals surface area contributed by atoms with Gasteiger partial charge in [-0.1, -0.05) is 18.2 Å². The Kier molecular flexibility index (Phi) is 4.69. The summed E-state index contributed by atoms with van der Waals surface area (Å²) in [5.41, 5.74) is 2.30. The van der Waals surface area contributed by atoms with Gasteiger partial charge < -0.3 is 10.1 Å². The van der Waals surface area contributed by atoms with Gasteiger partial charge in [-0.05, 0) is 35.4 Å². The summed E-state index contributed by atoms with van der Waals surface area (Å²) in [6.45, 7) is 1.53. The van der Waals surface area contributed by atoms with Gasteiger partial charge in [0.25, 0.3) is 0 Å². The van der Waals surface area contributed by atoms with E-state index in [1.54, 1.807) is 24.7 Å². The van der Waals surface area contributed by atoms with E-state index in [1.807, 2.05) is 36.5 Å². The van der Waals surface area contributed by atoms with Gasteiger partial charge in [-0.2, -0.15) is 0 Å². The first-order chi connectivity index (χ1) is 10.9. The smallest absolute Gasteiger partial charge is 0.321 e. The molecule has 3 aromatic rings. The lowest BCUT2D eigenvalue weighted by atomic mass is 10.2. The minimum atomic E-state index is 0.350. The van der Waals surface area contributed by atoms with Crippen molar-refractivity contribution >= 4 is 0 Å². The predicted molar refractivity (Wildman–Crippen MR) is 83.3 cm³/mol. The fourth-order valence-electron chi connectivity index (χ4n) is 2.02. The highest BCUT2D eigenvalue weighted by molar-refractivity contribution is 5.30. The highest BCUT2D eigenvalue weighted by atomic mass is 16.5. The highest BCUT2D eigenvalue weighted by Gasteiger charge is 2.01. The lowest BCUT2D eigenvalue weighted by Crippen LogP contribution is -2.12. The van der Waals surface area contributed by atoms with E-state index in [1.165, 1.54) is 0 Å². The Morgan fingerprint density at radius 2 is 1.68 bits per heavy atom. The number of aromatic nitrogens is 3. The first-order valence-corrected chi connectivity index (χ1v) is 7.03.